The van der Waals surface area contributed by atoms with Crippen LogP contribution in [-0.4, -0.2) is 61.1 Å². The Morgan fingerprint density at radius 1 is 0.600 bits per heavy atom. The molecule has 0 radical (unpaired) electrons. The fourth-order valence-electron chi connectivity index (χ4n) is 3.88. The molecule has 1 aliphatic rings. The van der Waals surface area contributed by atoms with Crippen molar-refractivity contribution in [2.45, 2.75) is 240 Å². The average Bonchev–Trinajstić information content (AvgIpc) is 2.98. The highest BCUT2D eigenvalue weighted by molar-refractivity contribution is 7.99. The fourth-order valence-corrected chi connectivity index (χ4v) is 4.88. The lowest BCUT2D eigenvalue weighted by atomic mass is 10.0. The first-order valence-electron chi connectivity index (χ1n) is 21.7. The van der Waals surface area contributed by atoms with Gasteiger partial charge in [-0.05, 0) is 81.4 Å². The minimum Gasteiger partial charge on any atom is -0.326 e. The number of nitrogens with one attached hydrogen (secondary N) is 1. The Labute approximate surface area is 334 Å². The first-order valence-corrected chi connectivity index (χ1v) is 23.3. The Bertz CT molecular complexity index is 447. The van der Waals surface area contributed by atoms with Gasteiger partial charge < -0.3 is 9.80 Å². The van der Waals surface area contributed by atoms with E-state index in [1.54, 1.807) is 0 Å². The second kappa shape index (κ2) is 61.6. The normalized spacial score (nSPS) is 12.4. The van der Waals surface area contributed by atoms with Crippen LogP contribution in [0, 0.1) is 11.3 Å². The van der Waals surface area contributed by atoms with Gasteiger partial charge in [-0.2, -0.15) is 11.8 Å². The SMILES string of the molecule is C.CC(C)(C)C.CCC.CCC.CCCC(C)Cl.CCCCCCCC(C)C.CCCNCCC.CCCSCCC.CCC[N+]1(C)CCC1. The van der Waals surface area contributed by atoms with Gasteiger partial charge in [-0.15, -0.1) is 11.6 Å². The summed E-state index contributed by atoms with van der Waals surface area (Å²) in [6, 6.07) is 0. The van der Waals surface area contributed by atoms with Crippen LogP contribution in [0.1, 0.15) is 235 Å². The number of hydrogen-bond acceptors (Lipinski definition) is 2. The van der Waals surface area contributed by atoms with Crippen LogP contribution in [0.3, 0.4) is 0 Å². The second-order valence-corrected chi connectivity index (χ2v) is 18.1. The molecule has 0 aliphatic carbocycles. The fraction of sp³-hybridized carbons (Fsp3) is 1.00. The number of unbranched alkanes of at least 4 members (excludes halogenated alkanes) is 4. The summed E-state index contributed by atoms with van der Waals surface area (Å²) in [5.74, 6) is 3.59. The molecule has 0 saturated carbocycles. The molecule has 1 heterocycles. The van der Waals surface area contributed by atoms with Crippen molar-refractivity contribution in [1.82, 2.24) is 5.32 Å². The summed E-state index contributed by atoms with van der Waals surface area (Å²) >= 11 is 7.63. The van der Waals surface area contributed by atoms with E-state index in [0.29, 0.717) is 10.8 Å². The van der Waals surface area contributed by atoms with Crippen molar-refractivity contribution in [2.75, 3.05) is 51.3 Å². The molecule has 2 nitrogen and oxygen atoms in total. The lowest BCUT2D eigenvalue weighted by molar-refractivity contribution is -0.946. The van der Waals surface area contributed by atoms with Crippen LogP contribution in [-0.2, 0) is 0 Å². The quantitative estimate of drug-likeness (QED) is 0.0849. The molecule has 1 unspecified atom stereocenters. The van der Waals surface area contributed by atoms with E-state index in [4.69, 9.17) is 11.6 Å². The van der Waals surface area contributed by atoms with Crippen molar-refractivity contribution in [2.24, 2.45) is 11.3 Å². The predicted molar refractivity (Wildman–Crippen MR) is 249 cm³/mol. The van der Waals surface area contributed by atoms with Crippen molar-refractivity contribution >= 4 is 23.4 Å². The molecule has 4 heteroatoms. The summed E-state index contributed by atoms with van der Waals surface area (Å²) in [5.41, 5.74) is 0.500. The molecule has 1 atom stereocenters. The van der Waals surface area contributed by atoms with Gasteiger partial charge in [0, 0.05) is 11.8 Å². The zero-order chi connectivity index (χ0) is 39.8. The number of halogens is 1. The molecule has 0 amide bonds. The monoisotopic (exact) mass is 758 g/mol. The molecule has 0 aromatic rings. The van der Waals surface area contributed by atoms with Gasteiger partial charge in [0.05, 0.1) is 26.7 Å². The topological polar surface area (TPSA) is 12.0 Å². The zero-order valence-corrected chi connectivity index (χ0v) is 40.2. The minimum absolute atomic E-state index is 0. The van der Waals surface area contributed by atoms with E-state index in [2.05, 4.69) is 142 Å². The number of quaternary nitrogens is 1. The van der Waals surface area contributed by atoms with Crippen LogP contribution in [0.25, 0.3) is 0 Å². The molecule has 1 fully saturated rings. The van der Waals surface area contributed by atoms with Gasteiger partial charge in [0.2, 0.25) is 0 Å². The van der Waals surface area contributed by atoms with Crippen LogP contribution in [0.4, 0.5) is 0 Å². The lowest BCUT2D eigenvalue weighted by Gasteiger charge is -2.41. The van der Waals surface area contributed by atoms with Gasteiger partial charge in [-0.1, -0.05) is 183 Å². The Kier molecular flexibility index (Phi) is 84.5. The van der Waals surface area contributed by atoms with E-state index in [9.17, 15) is 0 Å². The third kappa shape index (κ3) is 118. The lowest BCUT2D eigenvalue weighted by Crippen LogP contribution is -2.54. The highest BCUT2D eigenvalue weighted by Crippen LogP contribution is 2.16. The molecule has 0 spiro atoms. The third-order valence-corrected chi connectivity index (χ3v) is 7.89. The molecule has 0 bridgehead atoms. The van der Waals surface area contributed by atoms with Gasteiger partial charge in [-0.3, -0.25) is 0 Å². The van der Waals surface area contributed by atoms with Crippen molar-refractivity contribution in [3.8, 4) is 0 Å². The van der Waals surface area contributed by atoms with E-state index in [-0.39, 0.29) is 7.43 Å². The van der Waals surface area contributed by atoms with Crippen LogP contribution < -0.4 is 5.32 Å². The molecule has 0 aromatic carbocycles. The number of likely N-dealkylation sites (tertiary alicyclic amines) is 1. The second-order valence-electron chi connectivity index (χ2n) is 16.1. The van der Waals surface area contributed by atoms with Gasteiger partial charge in [0.15, 0.2) is 0 Å². The molecular weight excluding hydrogens is 648 g/mol. The molecule has 50 heavy (non-hydrogen) atoms. The van der Waals surface area contributed by atoms with Crippen molar-refractivity contribution < 1.29 is 4.48 Å². The van der Waals surface area contributed by atoms with Crippen LogP contribution in [0.15, 0.2) is 0 Å². The minimum atomic E-state index is 0. The van der Waals surface area contributed by atoms with Crippen LogP contribution in [0.5, 0.6) is 0 Å². The first-order chi connectivity index (χ1) is 23.0. The maximum absolute atomic E-state index is 5.58. The number of nitrogens with zero attached hydrogens (tertiary/aromatic N) is 1. The average molecular weight is 759 g/mol. The molecule has 1 N–H and O–H groups in total. The van der Waals surface area contributed by atoms with Gasteiger partial charge in [0.1, 0.15) is 0 Å². The first kappa shape index (κ1) is 68.6. The van der Waals surface area contributed by atoms with E-state index in [1.165, 1.54) is 145 Å². The van der Waals surface area contributed by atoms with Gasteiger partial charge >= 0.3 is 0 Å². The van der Waals surface area contributed by atoms with E-state index >= 15 is 0 Å². The molecule has 0 aromatic heterocycles. The standard InChI is InChI=1S/C10H22.C7H16N.C6H15N.C6H14S.C5H11Cl.C5H12.2C3H8.CH4/c1-4-5-6-7-8-9-10(2)3;1-3-5-8(2)6-4-7-8;2*1-3-5-7-6-4-2;1-3-4-5(2)6;1-5(2,3)4;2*1-3-2;/h10H,4-9H2,1-3H3;3-7H2,1-2H3;7H,3-6H2,1-2H3;3-6H2,1-2H3;5H,3-4H2,1-2H3;1-4H3;2*3H2,1-2H3;1H4/q;+1;;;;;;;. The number of thioether (sulfide) groups is 1. The molecule has 1 saturated heterocycles. The maximum atomic E-state index is 5.58. The van der Waals surface area contributed by atoms with Crippen molar-refractivity contribution in [3.05, 3.63) is 0 Å². The van der Waals surface area contributed by atoms with Gasteiger partial charge in [-0.25, -0.2) is 0 Å². The Morgan fingerprint density at radius 2 is 1.00 bits per heavy atom. The smallest absolute Gasteiger partial charge is 0.0839 e. The summed E-state index contributed by atoms with van der Waals surface area (Å²) < 4.78 is 1.34. The summed E-state index contributed by atoms with van der Waals surface area (Å²) in [5, 5.41) is 3.66. The largest absolute Gasteiger partial charge is 0.326 e. The number of alkyl halides is 1. The Morgan fingerprint density at radius 3 is 1.20 bits per heavy atom. The van der Waals surface area contributed by atoms with E-state index in [1.807, 2.05) is 6.92 Å². The molecule has 1 aliphatic heterocycles. The van der Waals surface area contributed by atoms with Crippen molar-refractivity contribution in [3.63, 3.8) is 0 Å². The van der Waals surface area contributed by atoms with E-state index < -0.39 is 0 Å². The summed E-state index contributed by atoms with van der Waals surface area (Å²) in [6.07, 6.45) is 21.3. The van der Waals surface area contributed by atoms with E-state index in [0.717, 1.165) is 12.3 Å². The highest BCUT2D eigenvalue weighted by Gasteiger charge is 2.28. The Balaban J connectivity index is -0.0000000688. The molecular formula is C46H110ClN2S+. The predicted octanol–water partition coefficient (Wildman–Crippen LogP) is 17.1. The third-order valence-electron chi connectivity index (χ3n) is 6.28. The van der Waals surface area contributed by atoms with Crippen LogP contribution in [0.2, 0.25) is 0 Å². The summed E-state index contributed by atoms with van der Waals surface area (Å²) in [4.78, 5) is 0. The zero-order valence-electron chi connectivity index (χ0n) is 38.7. The molecule has 316 valence electrons. The van der Waals surface area contributed by atoms with Gasteiger partial charge in [0.25, 0.3) is 0 Å². The van der Waals surface area contributed by atoms with Crippen molar-refractivity contribution in [1.29, 1.82) is 0 Å². The molecule has 1 rings (SSSR count). The van der Waals surface area contributed by atoms with Crippen LogP contribution >= 0.6 is 23.4 Å². The summed E-state index contributed by atoms with van der Waals surface area (Å²) in [6.45, 7) is 46.0. The number of rotatable bonds is 18. The Hall–Kier alpha value is 0.560. The number of hydrogen-bond donors (Lipinski definition) is 1. The highest BCUT2D eigenvalue weighted by atomic mass is 35.5. The maximum Gasteiger partial charge on any atom is 0.0839 e. The summed E-state index contributed by atoms with van der Waals surface area (Å²) in [7, 11) is 2.35.